The second kappa shape index (κ2) is 5.63. The summed E-state index contributed by atoms with van der Waals surface area (Å²) < 4.78 is 39.8. The van der Waals surface area contributed by atoms with Crippen LogP contribution in [0.3, 0.4) is 0 Å². The highest BCUT2D eigenvalue weighted by Crippen LogP contribution is 2.31. The molecule has 0 saturated carbocycles. The van der Waals surface area contributed by atoms with Crippen molar-refractivity contribution in [2.45, 2.75) is 11.8 Å². The number of aromatic carboxylic acids is 1. The number of hydrogen-bond acceptors (Lipinski definition) is 4. The van der Waals surface area contributed by atoms with Crippen LogP contribution in [-0.2, 0) is 10.0 Å². The van der Waals surface area contributed by atoms with E-state index in [1.165, 1.54) is 5.38 Å². The molecular formula is C12H9ClFNO4S2. The summed E-state index contributed by atoms with van der Waals surface area (Å²) >= 11 is 6.66. The van der Waals surface area contributed by atoms with Crippen LogP contribution >= 0.6 is 22.9 Å². The van der Waals surface area contributed by atoms with E-state index >= 15 is 0 Å². The third kappa shape index (κ3) is 3.17. The van der Waals surface area contributed by atoms with Gasteiger partial charge in [-0.1, -0.05) is 11.6 Å². The first-order chi connectivity index (χ1) is 9.72. The highest BCUT2D eigenvalue weighted by atomic mass is 35.5. The van der Waals surface area contributed by atoms with Crippen molar-refractivity contribution in [1.29, 1.82) is 0 Å². The Morgan fingerprint density at radius 2 is 2.10 bits per heavy atom. The molecule has 0 spiro atoms. The summed E-state index contributed by atoms with van der Waals surface area (Å²) in [6.45, 7) is 1.56. The van der Waals surface area contributed by atoms with Crippen LogP contribution < -0.4 is 4.72 Å². The van der Waals surface area contributed by atoms with Crippen LogP contribution in [0.2, 0.25) is 5.02 Å². The SMILES string of the molecule is Cc1csc(C(=O)O)c1NS(=O)(=O)c1cc(F)ccc1Cl. The Hall–Kier alpha value is -1.64. The van der Waals surface area contributed by atoms with Crippen LogP contribution in [0, 0.1) is 12.7 Å². The number of halogens is 2. The lowest BCUT2D eigenvalue weighted by atomic mass is 10.3. The van der Waals surface area contributed by atoms with Crippen LogP contribution in [0.25, 0.3) is 0 Å². The Morgan fingerprint density at radius 3 is 2.71 bits per heavy atom. The minimum Gasteiger partial charge on any atom is -0.477 e. The van der Waals surface area contributed by atoms with Crippen molar-refractivity contribution in [2.24, 2.45) is 0 Å². The molecule has 0 saturated heterocycles. The maximum atomic E-state index is 13.2. The molecule has 0 atom stereocenters. The van der Waals surface area contributed by atoms with Crippen molar-refractivity contribution in [3.63, 3.8) is 0 Å². The first kappa shape index (κ1) is 15.7. The van der Waals surface area contributed by atoms with Gasteiger partial charge in [-0.2, -0.15) is 0 Å². The first-order valence-electron chi connectivity index (χ1n) is 5.51. The van der Waals surface area contributed by atoms with Crippen LogP contribution in [-0.4, -0.2) is 19.5 Å². The van der Waals surface area contributed by atoms with E-state index in [0.29, 0.717) is 5.56 Å². The Labute approximate surface area is 129 Å². The third-order valence-electron chi connectivity index (χ3n) is 2.59. The van der Waals surface area contributed by atoms with Gasteiger partial charge in [-0.3, -0.25) is 4.72 Å². The number of carboxylic acids is 1. The topological polar surface area (TPSA) is 83.5 Å². The summed E-state index contributed by atoms with van der Waals surface area (Å²) in [5.74, 6) is -2.02. The predicted octanol–water partition coefficient (Wildman–Crippen LogP) is 3.35. The van der Waals surface area contributed by atoms with E-state index in [4.69, 9.17) is 16.7 Å². The van der Waals surface area contributed by atoms with E-state index in [0.717, 1.165) is 29.5 Å². The predicted molar refractivity (Wildman–Crippen MR) is 78.2 cm³/mol. The molecular weight excluding hydrogens is 341 g/mol. The van der Waals surface area contributed by atoms with E-state index in [9.17, 15) is 17.6 Å². The second-order valence-electron chi connectivity index (χ2n) is 4.11. The van der Waals surface area contributed by atoms with Crippen LogP contribution in [0.1, 0.15) is 15.2 Å². The van der Waals surface area contributed by atoms with Gasteiger partial charge in [0, 0.05) is 0 Å². The molecule has 5 nitrogen and oxygen atoms in total. The summed E-state index contributed by atoms with van der Waals surface area (Å²) in [4.78, 5) is 10.5. The zero-order valence-corrected chi connectivity index (χ0v) is 12.9. The molecule has 0 unspecified atom stereocenters. The van der Waals surface area contributed by atoms with Crippen molar-refractivity contribution >= 4 is 44.6 Å². The van der Waals surface area contributed by atoms with Crippen molar-refractivity contribution < 1.29 is 22.7 Å². The molecule has 112 valence electrons. The number of hydrogen-bond donors (Lipinski definition) is 2. The van der Waals surface area contributed by atoms with Crippen molar-refractivity contribution in [3.8, 4) is 0 Å². The maximum absolute atomic E-state index is 13.2. The molecule has 21 heavy (non-hydrogen) atoms. The molecule has 0 aliphatic heterocycles. The number of thiophene rings is 1. The summed E-state index contributed by atoms with van der Waals surface area (Å²) in [7, 11) is -4.19. The monoisotopic (exact) mass is 349 g/mol. The fourth-order valence-electron chi connectivity index (χ4n) is 1.60. The molecule has 2 aromatic rings. The molecule has 0 aliphatic carbocycles. The molecule has 0 radical (unpaired) electrons. The van der Waals surface area contributed by atoms with E-state index in [1.54, 1.807) is 6.92 Å². The highest BCUT2D eigenvalue weighted by Gasteiger charge is 2.24. The maximum Gasteiger partial charge on any atom is 0.348 e. The number of carboxylic acid groups (broad SMARTS) is 1. The van der Waals surface area contributed by atoms with Gasteiger partial charge >= 0.3 is 5.97 Å². The second-order valence-corrected chi connectivity index (χ2v) is 7.05. The van der Waals surface area contributed by atoms with Gasteiger partial charge in [-0.25, -0.2) is 17.6 Å². The Bertz CT molecular complexity index is 817. The van der Waals surface area contributed by atoms with Gasteiger partial charge in [0.2, 0.25) is 0 Å². The molecule has 0 fully saturated rings. The third-order valence-corrected chi connectivity index (χ3v) is 5.51. The lowest BCUT2D eigenvalue weighted by Crippen LogP contribution is -2.15. The minimum absolute atomic E-state index is 0.0483. The molecule has 1 heterocycles. The van der Waals surface area contributed by atoms with E-state index in [-0.39, 0.29) is 15.6 Å². The van der Waals surface area contributed by atoms with Crippen molar-refractivity contribution in [1.82, 2.24) is 0 Å². The van der Waals surface area contributed by atoms with Gasteiger partial charge < -0.3 is 5.11 Å². The Balaban J connectivity index is 2.50. The average Bonchev–Trinajstić information content (AvgIpc) is 2.73. The quantitative estimate of drug-likeness (QED) is 0.886. The summed E-state index contributed by atoms with van der Waals surface area (Å²) in [6, 6.07) is 2.91. The van der Waals surface area contributed by atoms with E-state index in [2.05, 4.69) is 4.72 Å². The summed E-state index contributed by atoms with van der Waals surface area (Å²) in [5.41, 5.74) is 0.404. The number of anilines is 1. The van der Waals surface area contributed by atoms with Gasteiger partial charge in [-0.15, -0.1) is 11.3 Å². The number of nitrogens with one attached hydrogen (secondary N) is 1. The average molecular weight is 350 g/mol. The molecule has 0 aliphatic rings. The van der Waals surface area contributed by atoms with E-state index < -0.39 is 26.7 Å². The number of benzene rings is 1. The van der Waals surface area contributed by atoms with Gasteiger partial charge in [0.25, 0.3) is 10.0 Å². The summed E-state index contributed by atoms with van der Waals surface area (Å²) in [6.07, 6.45) is 0. The largest absolute Gasteiger partial charge is 0.477 e. The Morgan fingerprint density at radius 1 is 1.43 bits per heavy atom. The minimum atomic E-state index is -4.19. The van der Waals surface area contributed by atoms with Crippen LogP contribution in [0.4, 0.5) is 10.1 Å². The smallest absolute Gasteiger partial charge is 0.348 e. The first-order valence-corrected chi connectivity index (χ1v) is 8.25. The molecule has 2 N–H and O–H groups in total. The van der Waals surface area contributed by atoms with E-state index in [1.807, 2.05) is 0 Å². The molecule has 0 bridgehead atoms. The Kier molecular flexibility index (Phi) is 4.22. The lowest BCUT2D eigenvalue weighted by molar-refractivity contribution is 0.0703. The van der Waals surface area contributed by atoms with Gasteiger partial charge in [-0.05, 0) is 36.1 Å². The number of carbonyl (C=O) groups is 1. The zero-order valence-electron chi connectivity index (χ0n) is 10.6. The summed E-state index contributed by atoms with van der Waals surface area (Å²) in [5, 5.41) is 10.4. The molecule has 2 rings (SSSR count). The highest BCUT2D eigenvalue weighted by molar-refractivity contribution is 7.92. The van der Waals surface area contributed by atoms with Crippen LogP contribution in [0.5, 0.6) is 0 Å². The van der Waals surface area contributed by atoms with Gasteiger partial charge in [0.05, 0.1) is 10.7 Å². The van der Waals surface area contributed by atoms with Gasteiger partial charge in [0.1, 0.15) is 15.6 Å². The number of rotatable bonds is 4. The molecule has 0 amide bonds. The molecule has 1 aromatic heterocycles. The van der Waals surface area contributed by atoms with Crippen LogP contribution in [0.15, 0.2) is 28.5 Å². The normalized spacial score (nSPS) is 11.4. The number of sulfonamides is 1. The molecule has 1 aromatic carbocycles. The number of aryl methyl sites for hydroxylation is 1. The molecule has 9 heteroatoms. The lowest BCUT2D eigenvalue weighted by Gasteiger charge is -2.10. The fraction of sp³-hybridized carbons (Fsp3) is 0.0833. The van der Waals surface area contributed by atoms with Crippen molar-refractivity contribution in [2.75, 3.05) is 4.72 Å². The standard InChI is InChI=1S/C12H9ClFNO4S2/c1-6-5-20-11(12(16)17)10(6)15-21(18,19)9-4-7(14)2-3-8(9)13/h2-5,15H,1H3,(H,16,17). The fourth-order valence-corrected chi connectivity index (χ4v) is 4.17. The zero-order chi connectivity index (χ0) is 15.8. The van der Waals surface area contributed by atoms with Crippen molar-refractivity contribution in [3.05, 3.63) is 44.9 Å². The van der Waals surface area contributed by atoms with Gasteiger partial charge in [0.15, 0.2) is 0 Å².